The number of hydrogen-bond donors (Lipinski definition) is 0. The Balaban J connectivity index is 1.72. The molecule has 0 saturated carbocycles. The van der Waals surface area contributed by atoms with Gasteiger partial charge < -0.3 is 14.1 Å². The third kappa shape index (κ3) is 3.49. The van der Waals surface area contributed by atoms with Crippen molar-refractivity contribution in [1.29, 1.82) is 5.26 Å². The van der Waals surface area contributed by atoms with Crippen LogP contribution in [0.4, 0.5) is 0 Å². The van der Waals surface area contributed by atoms with Crippen molar-refractivity contribution < 1.29 is 18.7 Å². The predicted octanol–water partition coefficient (Wildman–Crippen LogP) is 2.67. The van der Waals surface area contributed by atoms with Crippen molar-refractivity contribution in [2.24, 2.45) is 5.92 Å². The third-order valence-corrected chi connectivity index (χ3v) is 4.56. The van der Waals surface area contributed by atoms with Crippen molar-refractivity contribution in [3.63, 3.8) is 0 Å². The highest BCUT2D eigenvalue weighted by molar-refractivity contribution is 5.95. The number of ether oxygens (including phenoxy) is 1. The van der Waals surface area contributed by atoms with Crippen LogP contribution in [0.5, 0.6) is 0 Å². The number of aromatic nitrogens is 1. The van der Waals surface area contributed by atoms with E-state index in [2.05, 4.69) is 6.92 Å². The lowest BCUT2D eigenvalue weighted by Gasteiger charge is -2.30. The molecule has 26 heavy (non-hydrogen) atoms. The maximum atomic E-state index is 12.5. The van der Waals surface area contributed by atoms with E-state index in [1.807, 2.05) is 6.07 Å². The van der Waals surface area contributed by atoms with Gasteiger partial charge in [-0.05, 0) is 37.8 Å². The Hall–Kier alpha value is -3.01. The zero-order chi connectivity index (χ0) is 18.7. The maximum Gasteiger partial charge on any atom is 0.343 e. The largest absolute Gasteiger partial charge is 0.452 e. The van der Waals surface area contributed by atoms with Crippen molar-refractivity contribution >= 4 is 11.9 Å². The van der Waals surface area contributed by atoms with Crippen molar-refractivity contribution in [1.82, 2.24) is 9.47 Å². The molecule has 1 amide bonds. The van der Waals surface area contributed by atoms with Crippen molar-refractivity contribution in [3.8, 4) is 12.0 Å². The van der Waals surface area contributed by atoms with Crippen LogP contribution in [0.25, 0.3) is 5.88 Å². The Morgan fingerprint density at radius 1 is 1.38 bits per heavy atom. The summed E-state index contributed by atoms with van der Waals surface area (Å²) in [7, 11) is 0. The smallest absolute Gasteiger partial charge is 0.343 e. The lowest BCUT2D eigenvalue weighted by atomic mass is 10.0. The fourth-order valence-electron chi connectivity index (χ4n) is 3.24. The molecule has 7 heteroatoms. The summed E-state index contributed by atoms with van der Waals surface area (Å²) in [5.41, 5.74) is 0.166. The van der Waals surface area contributed by atoms with Gasteiger partial charge in [0, 0.05) is 25.5 Å². The van der Waals surface area contributed by atoms with Gasteiger partial charge in [0.1, 0.15) is 23.0 Å². The number of esters is 1. The summed E-state index contributed by atoms with van der Waals surface area (Å²) in [6.07, 6.45) is 5.50. The molecule has 0 aromatic carbocycles. The quantitative estimate of drug-likeness (QED) is 0.787. The van der Waals surface area contributed by atoms with E-state index in [0.717, 1.165) is 12.8 Å². The molecule has 7 nitrogen and oxygen atoms in total. The van der Waals surface area contributed by atoms with Gasteiger partial charge in [-0.15, -0.1) is 0 Å². The summed E-state index contributed by atoms with van der Waals surface area (Å²) in [6.45, 7) is 4.73. The summed E-state index contributed by atoms with van der Waals surface area (Å²) >= 11 is 0. The van der Waals surface area contributed by atoms with Gasteiger partial charge in [0.05, 0.1) is 0 Å². The van der Waals surface area contributed by atoms with E-state index in [1.165, 1.54) is 0 Å². The first-order valence-electron chi connectivity index (χ1n) is 8.63. The maximum absolute atomic E-state index is 12.5. The number of hydrogen-bond acceptors (Lipinski definition) is 5. The highest BCUT2D eigenvalue weighted by Gasteiger charge is 2.27. The van der Waals surface area contributed by atoms with E-state index < -0.39 is 5.97 Å². The number of rotatable bonds is 4. The Labute approximate surface area is 151 Å². The Bertz CT molecular complexity index is 845. The van der Waals surface area contributed by atoms with Crippen molar-refractivity contribution in [3.05, 3.63) is 41.4 Å². The second-order valence-corrected chi connectivity index (χ2v) is 6.58. The third-order valence-electron chi connectivity index (χ3n) is 4.56. The van der Waals surface area contributed by atoms with Gasteiger partial charge in [-0.2, -0.15) is 5.26 Å². The lowest BCUT2D eigenvalue weighted by Crippen LogP contribution is -2.41. The van der Waals surface area contributed by atoms with Gasteiger partial charge in [-0.1, -0.05) is 6.92 Å². The zero-order valence-electron chi connectivity index (χ0n) is 14.9. The highest BCUT2D eigenvalue weighted by Crippen LogP contribution is 2.26. The van der Waals surface area contributed by atoms with Gasteiger partial charge in [0.25, 0.3) is 5.91 Å². The standard InChI is InChI=1S/C19H21N3O4/c1-13-6-5-9-22(11-13)16(23)12-25-19(24)17-14(2)26-18(15(17)10-20)21-7-3-4-8-21/h3-4,7-8,13H,5-6,9,11-12H2,1-2H3/t13-/m1/s1. The molecule has 0 N–H and O–H groups in total. The minimum absolute atomic E-state index is 0.0658. The van der Waals surface area contributed by atoms with Crippen LogP contribution in [0.3, 0.4) is 0 Å². The second-order valence-electron chi connectivity index (χ2n) is 6.58. The summed E-state index contributed by atoms with van der Waals surface area (Å²) in [4.78, 5) is 26.5. The van der Waals surface area contributed by atoms with Crippen LogP contribution in [0.15, 0.2) is 28.9 Å². The second kappa shape index (κ2) is 7.48. The molecular formula is C19H21N3O4. The summed E-state index contributed by atoms with van der Waals surface area (Å²) < 4.78 is 12.4. The molecular weight excluding hydrogens is 334 g/mol. The fourth-order valence-corrected chi connectivity index (χ4v) is 3.24. The predicted molar refractivity (Wildman–Crippen MR) is 92.7 cm³/mol. The average molecular weight is 355 g/mol. The molecule has 2 aromatic heterocycles. The molecule has 0 bridgehead atoms. The number of nitrogens with zero attached hydrogens (tertiary/aromatic N) is 3. The Morgan fingerprint density at radius 3 is 2.77 bits per heavy atom. The number of furan rings is 1. The average Bonchev–Trinajstić information content (AvgIpc) is 3.26. The van der Waals surface area contributed by atoms with Crippen molar-refractivity contribution in [2.75, 3.05) is 19.7 Å². The molecule has 2 aromatic rings. The van der Waals surface area contributed by atoms with Gasteiger partial charge in [0.2, 0.25) is 5.88 Å². The molecule has 3 heterocycles. The molecule has 1 atom stereocenters. The first-order valence-corrected chi connectivity index (χ1v) is 8.63. The van der Waals surface area contributed by atoms with E-state index >= 15 is 0 Å². The molecule has 0 unspecified atom stereocenters. The van der Waals surface area contributed by atoms with Crippen LogP contribution in [-0.4, -0.2) is 41.0 Å². The number of carbonyl (C=O) groups is 2. The molecule has 1 fully saturated rings. The number of piperidine rings is 1. The zero-order valence-corrected chi connectivity index (χ0v) is 14.9. The lowest BCUT2D eigenvalue weighted by molar-refractivity contribution is -0.136. The number of amides is 1. The van der Waals surface area contributed by atoms with Crippen LogP contribution < -0.4 is 0 Å². The van der Waals surface area contributed by atoms with Gasteiger partial charge in [0.15, 0.2) is 6.61 Å². The van der Waals surface area contributed by atoms with E-state index in [9.17, 15) is 14.9 Å². The molecule has 1 aliphatic rings. The molecule has 136 valence electrons. The molecule has 1 saturated heterocycles. The monoisotopic (exact) mass is 355 g/mol. The topological polar surface area (TPSA) is 88.5 Å². The first kappa shape index (κ1) is 17.8. The number of carbonyl (C=O) groups excluding carboxylic acids is 2. The van der Waals surface area contributed by atoms with E-state index in [1.54, 1.807) is 40.9 Å². The van der Waals surface area contributed by atoms with E-state index in [-0.39, 0.29) is 35.3 Å². The minimum atomic E-state index is -0.723. The highest BCUT2D eigenvalue weighted by atomic mass is 16.5. The molecule has 0 spiro atoms. The van der Waals surface area contributed by atoms with Crippen molar-refractivity contribution in [2.45, 2.75) is 26.7 Å². The van der Waals surface area contributed by atoms with Gasteiger partial charge in [-0.25, -0.2) is 4.79 Å². The number of likely N-dealkylation sites (tertiary alicyclic amines) is 1. The normalized spacial score (nSPS) is 17.0. The Morgan fingerprint density at radius 2 is 2.12 bits per heavy atom. The van der Waals surface area contributed by atoms with E-state index in [4.69, 9.17) is 9.15 Å². The van der Waals surface area contributed by atoms with Crippen LogP contribution >= 0.6 is 0 Å². The summed E-state index contributed by atoms with van der Waals surface area (Å²) in [6, 6.07) is 5.57. The molecule has 3 rings (SSSR count). The summed E-state index contributed by atoms with van der Waals surface area (Å²) in [5.74, 6) is 0.0658. The summed E-state index contributed by atoms with van der Waals surface area (Å²) in [5, 5.41) is 9.46. The van der Waals surface area contributed by atoms with Gasteiger partial charge >= 0.3 is 5.97 Å². The van der Waals surface area contributed by atoms with E-state index in [0.29, 0.717) is 19.0 Å². The van der Waals surface area contributed by atoms with Crippen LogP contribution in [0, 0.1) is 24.2 Å². The fraction of sp³-hybridized carbons (Fsp3) is 0.421. The first-order chi connectivity index (χ1) is 12.5. The molecule has 1 aliphatic heterocycles. The number of nitriles is 1. The van der Waals surface area contributed by atoms with Crippen LogP contribution in [0.1, 0.15) is 41.4 Å². The van der Waals surface area contributed by atoms with Crippen LogP contribution in [-0.2, 0) is 9.53 Å². The van der Waals surface area contributed by atoms with Gasteiger partial charge in [-0.3, -0.25) is 9.36 Å². The molecule has 0 aliphatic carbocycles. The minimum Gasteiger partial charge on any atom is -0.452 e. The van der Waals surface area contributed by atoms with Crippen LogP contribution in [0.2, 0.25) is 0 Å². The Kier molecular flexibility index (Phi) is 5.12. The number of aryl methyl sites for hydroxylation is 1. The molecule has 0 radical (unpaired) electrons. The SMILES string of the molecule is Cc1oc(-n2cccc2)c(C#N)c1C(=O)OCC(=O)N1CCC[C@@H](C)C1.